The van der Waals surface area contributed by atoms with Gasteiger partial charge in [-0.05, 0) is 42.5 Å². The largest absolute Gasteiger partial charge is 0.416 e. The van der Waals surface area contributed by atoms with Crippen LogP contribution in [0.25, 0.3) is 0 Å². The SMILES string of the molecule is NC1CCCc2c1cc(Cl)cc2C(F)(F)F. The van der Waals surface area contributed by atoms with E-state index < -0.39 is 11.7 Å². The minimum Gasteiger partial charge on any atom is -0.324 e. The molecule has 1 unspecified atom stereocenters. The summed E-state index contributed by atoms with van der Waals surface area (Å²) >= 11 is 5.70. The predicted octanol–water partition coefficient (Wildman–Crippen LogP) is 3.69. The maximum absolute atomic E-state index is 12.8. The topological polar surface area (TPSA) is 26.0 Å². The minimum atomic E-state index is -4.36. The van der Waals surface area contributed by atoms with Crippen LogP contribution in [0.4, 0.5) is 13.2 Å². The zero-order chi connectivity index (χ0) is 11.9. The molecule has 0 saturated heterocycles. The third-order valence-electron chi connectivity index (χ3n) is 2.90. The highest BCUT2D eigenvalue weighted by Crippen LogP contribution is 2.40. The smallest absolute Gasteiger partial charge is 0.324 e. The van der Waals surface area contributed by atoms with Gasteiger partial charge in [0.1, 0.15) is 0 Å². The second-order valence-electron chi connectivity index (χ2n) is 4.02. The van der Waals surface area contributed by atoms with Crippen LogP contribution < -0.4 is 5.73 Å². The van der Waals surface area contributed by atoms with E-state index in [0.29, 0.717) is 30.4 Å². The third-order valence-corrected chi connectivity index (χ3v) is 3.11. The van der Waals surface area contributed by atoms with Gasteiger partial charge < -0.3 is 5.73 Å². The first-order valence-electron chi connectivity index (χ1n) is 5.04. The molecule has 0 aliphatic heterocycles. The molecule has 1 aromatic rings. The summed E-state index contributed by atoms with van der Waals surface area (Å²) in [4.78, 5) is 0. The maximum Gasteiger partial charge on any atom is 0.416 e. The van der Waals surface area contributed by atoms with Crippen LogP contribution in [0, 0.1) is 0 Å². The average molecular weight is 250 g/mol. The van der Waals surface area contributed by atoms with Crippen LogP contribution in [0.3, 0.4) is 0 Å². The lowest BCUT2D eigenvalue weighted by molar-refractivity contribution is -0.138. The number of halogens is 4. The van der Waals surface area contributed by atoms with Crippen molar-refractivity contribution in [3.05, 3.63) is 33.8 Å². The first kappa shape index (κ1) is 11.7. The average Bonchev–Trinajstić information content (AvgIpc) is 2.17. The van der Waals surface area contributed by atoms with Gasteiger partial charge >= 0.3 is 6.18 Å². The van der Waals surface area contributed by atoms with Gasteiger partial charge in [-0.2, -0.15) is 13.2 Å². The van der Waals surface area contributed by atoms with E-state index in [1.54, 1.807) is 6.07 Å². The molecule has 16 heavy (non-hydrogen) atoms. The van der Waals surface area contributed by atoms with Crippen LogP contribution in [0.5, 0.6) is 0 Å². The molecule has 1 aliphatic rings. The molecular weight excluding hydrogens is 239 g/mol. The Labute approximate surface area is 96.4 Å². The summed E-state index contributed by atoms with van der Waals surface area (Å²) in [7, 11) is 0. The van der Waals surface area contributed by atoms with E-state index in [1.165, 1.54) is 0 Å². The Kier molecular flexibility index (Phi) is 2.88. The summed E-state index contributed by atoms with van der Waals surface area (Å²) < 4.78 is 38.4. The molecule has 0 fully saturated rings. The number of rotatable bonds is 0. The number of hydrogen-bond donors (Lipinski definition) is 1. The number of alkyl halides is 3. The molecular formula is C11H11ClF3N. The molecule has 2 rings (SSSR count). The van der Waals surface area contributed by atoms with Crippen LogP contribution in [-0.2, 0) is 12.6 Å². The second kappa shape index (κ2) is 3.93. The lowest BCUT2D eigenvalue weighted by Crippen LogP contribution is -2.21. The van der Waals surface area contributed by atoms with Crippen molar-refractivity contribution in [1.82, 2.24) is 0 Å². The molecule has 2 N–H and O–H groups in total. The van der Waals surface area contributed by atoms with Gasteiger partial charge in [0.05, 0.1) is 5.56 Å². The summed E-state index contributed by atoms with van der Waals surface area (Å²) in [5.41, 5.74) is 6.03. The molecule has 0 aromatic heterocycles. The van der Waals surface area contributed by atoms with Crippen molar-refractivity contribution in [3.8, 4) is 0 Å². The van der Waals surface area contributed by atoms with Crippen molar-refractivity contribution >= 4 is 11.6 Å². The highest BCUT2D eigenvalue weighted by Gasteiger charge is 2.36. The molecule has 0 radical (unpaired) electrons. The van der Waals surface area contributed by atoms with Crippen LogP contribution in [0.1, 0.15) is 35.6 Å². The van der Waals surface area contributed by atoms with Gasteiger partial charge in [0.25, 0.3) is 0 Å². The van der Waals surface area contributed by atoms with E-state index in [0.717, 1.165) is 6.07 Å². The summed E-state index contributed by atoms with van der Waals surface area (Å²) in [6.45, 7) is 0. The molecule has 5 heteroatoms. The van der Waals surface area contributed by atoms with Crippen molar-refractivity contribution in [2.24, 2.45) is 5.73 Å². The Bertz CT molecular complexity index is 414. The molecule has 0 spiro atoms. The Balaban J connectivity index is 2.62. The molecule has 1 aliphatic carbocycles. The Morgan fingerprint density at radius 2 is 2.00 bits per heavy atom. The van der Waals surface area contributed by atoms with Gasteiger partial charge in [-0.1, -0.05) is 11.6 Å². The zero-order valence-corrected chi connectivity index (χ0v) is 9.20. The van der Waals surface area contributed by atoms with E-state index in [1.807, 2.05) is 0 Å². The standard InChI is InChI=1S/C11H11ClF3N/c12-6-4-8-7(2-1-3-10(8)16)9(5-6)11(13,14)15/h4-5,10H,1-3,16H2. The van der Waals surface area contributed by atoms with E-state index in [-0.39, 0.29) is 11.1 Å². The fourth-order valence-electron chi connectivity index (χ4n) is 2.17. The Morgan fingerprint density at radius 1 is 1.31 bits per heavy atom. The first-order chi connectivity index (χ1) is 7.39. The predicted molar refractivity (Wildman–Crippen MR) is 56.3 cm³/mol. The summed E-state index contributed by atoms with van der Waals surface area (Å²) in [6.07, 6.45) is -2.52. The van der Waals surface area contributed by atoms with Crippen molar-refractivity contribution in [2.75, 3.05) is 0 Å². The molecule has 0 amide bonds. The number of benzene rings is 1. The summed E-state index contributed by atoms with van der Waals surface area (Å²) in [5.74, 6) is 0. The van der Waals surface area contributed by atoms with Gasteiger partial charge in [0.15, 0.2) is 0 Å². The fourth-order valence-corrected chi connectivity index (χ4v) is 2.40. The molecule has 0 saturated carbocycles. The molecule has 1 aromatic carbocycles. The Morgan fingerprint density at radius 3 is 2.62 bits per heavy atom. The van der Waals surface area contributed by atoms with Crippen molar-refractivity contribution in [3.63, 3.8) is 0 Å². The van der Waals surface area contributed by atoms with Crippen molar-refractivity contribution in [1.29, 1.82) is 0 Å². The molecule has 0 bridgehead atoms. The van der Waals surface area contributed by atoms with Gasteiger partial charge in [0, 0.05) is 11.1 Å². The van der Waals surface area contributed by atoms with Crippen LogP contribution in [0.2, 0.25) is 5.02 Å². The summed E-state index contributed by atoms with van der Waals surface area (Å²) in [5, 5.41) is 0.100. The van der Waals surface area contributed by atoms with Crippen LogP contribution in [-0.4, -0.2) is 0 Å². The summed E-state index contributed by atoms with van der Waals surface area (Å²) in [6, 6.07) is 2.21. The first-order valence-corrected chi connectivity index (χ1v) is 5.42. The second-order valence-corrected chi connectivity index (χ2v) is 4.45. The normalized spacial score (nSPS) is 20.7. The lowest BCUT2D eigenvalue weighted by Gasteiger charge is -2.25. The lowest BCUT2D eigenvalue weighted by atomic mass is 9.85. The van der Waals surface area contributed by atoms with E-state index >= 15 is 0 Å². The number of nitrogens with two attached hydrogens (primary N) is 1. The molecule has 1 atom stereocenters. The van der Waals surface area contributed by atoms with Gasteiger partial charge in [0.2, 0.25) is 0 Å². The minimum absolute atomic E-state index is 0.100. The van der Waals surface area contributed by atoms with Gasteiger partial charge in [-0.25, -0.2) is 0 Å². The highest BCUT2D eigenvalue weighted by atomic mass is 35.5. The number of hydrogen-bond acceptors (Lipinski definition) is 1. The van der Waals surface area contributed by atoms with Crippen molar-refractivity contribution < 1.29 is 13.2 Å². The number of fused-ring (bicyclic) bond motifs is 1. The van der Waals surface area contributed by atoms with Crippen LogP contribution >= 0.6 is 11.6 Å². The zero-order valence-electron chi connectivity index (χ0n) is 8.44. The third kappa shape index (κ3) is 2.04. The van der Waals surface area contributed by atoms with Crippen molar-refractivity contribution in [2.45, 2.75) is 31.5 Å². The molecule has 88 valence electrons. The highest BCUT2D eigenvalue weighted by molar-refractivity contribution is 6.30. The van der Waals surface area contributed by atoms with Gasteiger partial charge in [-0.15, -0.1) is 0 Å². The maximum atomic E-state index is 12.8. The van der Waals surface area contributed by atoms with Gasteiger partial charge in [-0.3, -0.25) is 0 Å². The van der Waals surface area contributed by atoms with E-state index in [9.17, 15) is 13.2 Å². The quantitative estimate of drug-likeness (QED) is 0.746. The molecule has 0 heterocycles. The molecule has 1 nitrogen and oxygen atoms in total. The van der Waals surface area contributed by atoms with E-state index in [4.69, 9.17) is 17.3 Å². The van der Waals surface area contributed by atoms with Crippen LogP contribution in [0.15, 0.2) is 12.1 Å². The Hall–Kier alpha value is -0.740. The monoisotopic (exact) mass is 249 g/mol. The fraction of sp³-hybridized carbons (Fsp3) is 0.455. The van der Waals surface area contributed by atoms with E-state index in [2.05, 4.69) is 0 Å².